The highest BCUT2D eigenvalue weighted by atomic mass is 16.6. The summed E-state index contributed by atoms with van der Waals surface area (Å²) in [5.74, 6) is 0. The van der Waals surface area contributed by atoms with Crippen LogP contribution in [-0.2, 0) is 36.9 Å². The van der Waals surface area contributed by atoms with Gasteiger partial charge in [-0.1, -0.05) is 24.3 Å². The van der Waals surface area contributed by atoms with E-state index in [0.29, 0.717) is 66.1 Å². The van der Waals surface area contributed by atoms with Crippen LogP contribution in [-0.4, -0.2) is 62.8 Å². The summed E-state index contributed by atoms with van der Waals surface area (Å²) in [6.45, 7) is 5.12. The van der Waals surface area contributed by atoms with E-state index in [1.54, 1.807) is 0 Å². The van der Waals surface area contributed by atoms with E-state index in [4.69, 9.17) is 33.7 Å². The van der Waals surface area contributed by atoms with Crippen LogP contribution in [0.5, 0.6) is 0 Å². The molecule has 7 heteroatoms. The molecule has 0 N–H and O–H groups in total. The van der Waals surface area contributed by atoms with Crippen molar-refractivity contribution in [2.24, 2.45) is 0 Å². The summed E-state index contributed by atoms with van der Waals surface area (Å²) in [5.41, 5.74) is 3.51. The molecule has 0 unspecified atom stereocenters. The lowest BCUT2D eigenvalue weighted by atomic mass is 10.1. The number of nitrogens with zero attached hydrogens (tertiary/aromatic N) is 2. The van der Waals surface area contributed by atoms with Crippen molar-refractivity contribution in [3.8, 4) is 0 Å². The number of rotatable bonds is 0. The van der Waals surface area contributed by atoms with E-state index in [1.165, 1.54) is 0 Å². The summed E-state index contributed by atoms with van der Waals surface area (Å²) in [6, 6.07) is 12.2. The molecule has 0 fully saturated rings. The summed E-state index contributed by atoms with van der Waals surface area (Å²) in [6.07, 6.45) is 0. The number of hydrogen-bond donors (Lipinski definition) is 0. The fourth-order valence-corrected chi connectivity index (χ4v) is 3.14. The summed E-state index contributed by atoms with van der Waals surface area (Å²) in [5, 5.41) is 2.11. The van der Waals surface area contributed by atoms with Crippen molar-refractivity contribution in [2.45, 2.75) is 13.2 Å². The molecule has 154 valence electrons. The summed E-state index contributed by atoms with van der Waals surface area (Å²) < 4.78 is 27.9. The standard InChI is InChI=1S/C22H26N2O5/c1-2-18-4-6-20-16-29-14-12-27-10-8-25-7-9-26-11-13-28-15-19-5-3-17(1)21(23-19)22(18)24-20/h1-6H,7-16H2. The minimum Gasteiger partial charge on any atom is -0.377 e. The Morgan fingerprint density at radius 2 is 0.793 bits per heavy atom. The lowest BCUT2D eigenvalue weighted by molar-refractivity contribution is -0.0141. The molecule has 2 aromatic heterocycles. The number of benzene rings is 1. The van der Waals surface area contributed by atoms with Gasteiger partial charge in [0.2, 0.25) is 0 Å². The van der Waals surface area contributed by atoms with E-state index in [-0.39, 0.29) is 0 Å². The largest absolute Gasteiger partial charge is 0.377 e. The van der Waals surface area contributed by atoms with Gasteiger partial charge in [-0.15, -0.1) is 0 Å². The van der Waals surface area contributed by atoms with Crippen molar-refractivity contribution >= 4 is 21.8 Å². The molecule has 3 heterocycles. The molecule has 0 amide bonds. The van der Waals surface area contributed by atoms with E-state index in [0.717, 1.165) is 33.2 Å². The first-order valence-corrected chi connectivity index (χ1v) is 9.97. The van der Waals surface area contributed by atoms with Crippen molar-refractivity contribution in [3.05, 3.63) is 47.8 Å². The van der Waals surface area contributed by atoms with E-state index in [9.17, 15) is 0 Å². The van der Waals surface area contributed by atoms with Gasteiger partial charge < -0.3 is 23.7 Å². The third-order valence-electron chi connectivity index (χ3n) is 4.62. The fraction of sp³-hybridized carbons (Fsp3) is 0.455. The van der Waals surface area contributed by atoms with Crippen LogP contribution in [0, 0.1) is 0 Å². The van der Waals surface area contributed by atoms with Crippen LogP contribution >= 0.6 is 0 Å². The van der Waals surface area contributed by atoms with Crippen LogP contribution in [0.4, 0.5) is 0 Å². The van der Waals surface area contributed by atoms with Crippen molar-refractivity contribution in [3.63, 3.8) is 0 Å². The Bertz CT molecular complexity index is 859. The number of hydrogen-bond acceptors (Lipinski definition) is 7. The first-order valence-electron chi connectivity index (χ1n) is 9.97. The predicted octanol–water partition coefficient (Wildman–Crippen LogP) is 2.88. The van der Waals surface area contributed by atoms with Crippen molar-refractivity contribution in [1.29, 1.82) is 0 Å². The van der Waals surface area contributed by atoms with Crippen LogP contribution < -0.4 is 0 Å². The summed E-state index contributed by atoms with van der Waals surface area (Å²) in [4.78, 5) is 9.60. The van der Waals surface area contributed by atoms with Gasteiger partial charge in [0, 0.05) is 10.8 Å². The zero-order valence-electron chi connectivity index (χ0n) is 16.5. The maximum atomic E-state index is 5.71. The van der Waals surface area contributed by atoms with Gasteiger partial charge in [-0.3, -0.25) is 0 Å². The first-order chi connectivity index (χ1) is 14.4. The Morgan fingerprint density at radius 1 is 0.448 bits per heavy atom. The Balaban J connectivity index is 1.54. The lowest BCUT2D eigenvalue weighted by Crippen LogP contribution is -2.13. The zero-order chi connectivity index (χ0) is 19.7. The number of fused-ring (bicyclic) bond motifs is 2. The van der Waals surface area contributed by atoms with Crippen molar-refractivity contribution in [1.82, 2.24) is 9.97 Å². The van der Waals surface area contributed by atoms with Crippen LogP contribution in [0.15, 0.2) is 36.4 Å². The average Bonchev–Trinajstić information content (AvgIpc) is 2.75. The topological polar surface area (TPSA) is 71.9 Å². The molecule has 4 bridgehead atoms. The molecule has 0 radical (unpaired) electrons. The van der Waals surface area contributed by atoms with Crippen LogP contribution in [0.1, 0.15) is 11.4 Å². The van der Waals surface area contributed by atoms with Gasteiger partial charge in [0.25, 0.3) is 0 Å². The second-order valence-electron chi connectivity index (χ2n) is 6.76. The van der Waals surface area contributed by atoms with Gasteiger partial charge in [-0.25, -0.2) is 9.97 Å². The molecule has 1 aliphatic rings. The van der Waals surface area contributed by atoms with Crippen LogP contribution in [0.25, 0.3) is 21.8 Å². The van der Waals surface area contributed by atoms with Gasteiger partial charge in [0.15, 0.2) is 0 Å². The second-order valence-corrected chi connectivity index (χ2v) is 6.76. The number of aromatic nitrogens is 2. The molecular weight excluding hydrogens is 372 g/mol. The maximum absolute atomic E-state index is 5.71. The smallest absolute Gasteiger partial charge is 0.0969 e. The van der Waals surface area contributed by atoms with Crippen molar-refractivity contribution in [2.75, 3.05) is 52.9 Å². The third kappa shape index (κ3) is 5.68. The minimum atomic E-state index is 0.437. The summed E-state index contributed by atoms with van der Waals surface area (Å²) in [7, 11) is 0. The van der Waals surface area contributed by atoms with Crippen LogP contribution in [0.3, 0.4) is 0 Å². The monoisotopic (exact) mass is 398 g/mol. The van der Waals surface area contributed by atoms with Gasteiger partial charge in [0.1, 0.15) is 0 Å². The number of ether oxygens (including phenoxy) is 5. The van der Waals surface area contributed by atoms with Gasteiger partial charge >= 0.3 is 0 Å². The Labute approximate surface area is 169 Å². The Hall–Kier alpha value is -2.16. The fourth-order valence-electron chi connectivity index (χ4n) is 3.14. The maximum Gasteiger partial charge on any atom is 0.0969 e. The molecule has 0 saturated carbocycles. The normalized spacial score (nSPS) is 18.3. The number of pyridine rings is 2. The highest BCUT2D eigenvalue weighted by Crippen LogP contribution is 2.23. The predicted molar refractivity (Wildman–Crippen MR) is 109 cm³/mol. The molecule has 1 aliphatic heterocycles. The van der Waals surface area contributed by atoms with Crippen LogP contribution in [0.2, 0.25) is 0 Å². The zero-order valence-corrected chi connectivity index (χ0v) is 16.5. The highest BCUT2D eigenvalue weighted by molar-refractivity contribution is 6.02. The first kappa shape index (κ1) is 20.1. The van der Waals surface area contributed by atoms with Crippen molar-refractivity contribution < 1.29 is 23.7 Å². The highest BCUT2D eigenvalue weighted by Gasteiger charge is 2.07. The molecular formula is C22H26N2O5. The SMILES string of the molecule is c1cc2ccc3ccc4nc3c2nc1COCCOCCOCCOCCOC4. The Morgan fingerprint density at radius 3 is 1.21 bits per heavy atom. The molecule has 3 aromatic rings. The van der Waals surface area contributed by atoms with Gasteiger partial charge in [-0.2, -0.15) is 0 Å². The lowest BCUT2D eigenvalue weighted by Gasteiger charge is -2.09. The molecule has 0 saturated heterocycles. The molecule has 7 nitrogen and oxygen atoms in total. The molecule has 4 rings (SSSR count). The molecule has 1 aromatic carbocycles. The Kier molecular flexibility index (Phi) is 7.34. The minimum absolute atomic E-state index is 0.437. The third-order valence-corrected chi connectivity index (χ3v) is 4.62. The molecule has 0 spiro atoms. The molecule has 0 atom stereocenters. The van der Waals surface area contributed by atoms with E-state index in [1.807, 2.05) is 12.1 Å². The van der Waals surface area contributed by atoms with Gasteiger partial charge in [0.05, 0.1) is 88.5 Å². The average molecular weight is 398 g/mol. The second kappa shape index (κ2) is 10.6. The van der Waals surface area contributed by atoms with E-state index >= 15 is 0 Å². The molecule has 0 aliphatic carbocycles. The van der Waals surface area contributed by atoms with E-state index in [2.05, 4.69) is 24.3 Å². The quantitative estimate of drug-likeness (QED) is 0.539. The molecule has 29 heavy (non-hydrogen) atoms. The van der Waals surface area contributed by atoms with E-state index < -0.39 is 0 Å². The van der Waals surface area contributed by atoms with Gasteiger partial charge in [-0.05, 0) is 12.1 Å². The summed E-state index contributed by atoms with van der Waals surface area (Å²) >= 11 is 0.